The number of benzene rings is 1. The third-order valence-corrected chi connectivity index (χ3v) is 4.62. The Kier molecular flexibility index (Phi) is 6.45. The van der Waals surface area contributed by atoms with E-state index in [1.807, 2.05) is 49.6 Å². The third kappa shape index (κ3) is 4.33. The van der Waals surface area contributed by atoms with Crippen molar-refractivity contribution in [1.29, 1.82) is 0 Å². The third-order valence-electron chi connectivity index (χ3n) is 4.62. The first-order chi connectivity index (χ1) is 11.5. The van der Waals surface area contributed by atoms with Crippen LogP contribution in [0, 0.1) is 0 Å². The summed E-state index contributed by atoms with van der Waals surface area (Å²) < 4.78 is 1.79. The van der Waals surface area contributed by atoms with E-state index in [0.29, 0.717) is 13.1 Å². The van der Waals surface area contributed by atoms with Gasteiger partial charge in [-0.05, 0) is 24.0 Å². The van der Waals surface area contributed by atoms with E-state index in [9.17, 15) is 5.11 Å². The summed E-state index contributed by atoms with van der Waals surface area (Å²) in [5.41, 5.74) is 2.55. The van der Waals surface area contributed by atoms with E-state index in [4.69, 9.17) is 0 Å². The SMILES string of the molecule is CN=C(NCC1(O)CCc2ccccc21)N(C)Cc1cnn(C)c1.I. The molecule has 1 aliphatic rings. The van der Waals surface area contributed by atoms with Gasteiger partial charge in [0.1, 0.15) is 5.60 Å². The molecule has 1 aromatic heterocycles. The molecule has 0 aliphatic heterocycles. The highest BCUT2D eigenvalue weighted by molar-refractivity contribution is 14.0. The number of aliphatic hydroxyl groups is 1. The van der Waals surface area contributed by atoms with Crippen LogP contribution in [0.25, 0.3) is 0 Å². The number of rotatable bonds is 4. The van der Waals surface area contributed by atoms with Crippen molar-refractivity contribution in [1.82, 2.24) is 20.0 Å². The Hall–Kier alpha value is -1.61. The first-order valence-electron chi connectivity index (χ1n) is 8.22. The second-order valence-electron chi connectivity index (χ2n) is 6.47. The van der Waals surface area contributed by atoms with Gasteiger partial charge in [0.2, 0.25) is 0 Å². The van der Waals surface area contributed by atoms with Crippen molar-refractivity contribution in [2.75, 3.05) is 20.6 Å². The van der Waals surface area contributed by atoms with Gasteiger partial charge in [-0.25, -0.2) is 0 Å². The molecule has 0 saturated carbocycles. The fourth-order valence-corrected chi connectivity index (χ4v) is 3.36. The molecule has 0 bridgehead atoms. The quantitative estimate of drug-likeness (QED) is 0.420. The molecule has 136 valence electrons. The van der Waals surface area contributed by atoms with Crippen molar-refractivity contribution >= 4 is 29.9 Å². The minimum atomic E-state index is -0.832. The minimum Gasteiger partial charge on any atom is -0.383 e. The van der Waals surface area contributed by atoms with Gasteiger partial charge < -0.3 is 15.3 Å². The normalized spacial score (nSPS) is 19.3. The zero-order chi connectivity index (χ0) is 17.2. The van der Waals surface area contributed by atoms with Crippen LogP contribution in [-0.2, 0) is 25.6 Å². The number of halogens is 1. The average molecular weight is 455 g/mol. The number of nitrogens with zero attached hydrogens (tertiary/aromatic N) is 4. The van der Waals surface area contributed by atoms with Gasteiger partial charge in [-0.15, -0.1) is 24.0 Å². The Morgan fingerprint density at radius 2 is 2.20 bits per heavy atom. The van der Waals surface area contributed by atoms with Crippen LogP contribution in [0.5, 0.6) is 0 Å². The number of hydrogen-bond donors (Lipinski definition) is 2. The number of aryl methyl sites for hydroxylation is 2. The summed E-state index contributed by atoms with van der Waals surface area (Å²) in [7, 11) is 5.65. The molecule has 2 aromatic rings. The lowest BCUT2D eigenvalue weighted by molar-refractivity contribution is 0.0427. The standard InChI is InChI=1S/C18H25N5O.HI/c1-19-17(22(2)11-14-10-21-23(3)12-14)20-13-18(24)9-8-15-6-4-5-7-16(15)18;/h4-7,10,12,24H,8-9,11,13H2,1-3H3,(H,19,20);1H. The van der Waals surface area contributed by atoms with Crippen molar-refractivity contribution in [3.63, 3.8) is 0 Å². The van der Waals surface area contributed by atoms with Gasteiger partial charge in [-0.3, -0.25) is 9.67 Å². The molecule has 25 heavy (non-hydrogen) atoms. The van der Waals surface area contributed by atoms with Crippen LogP contribution >= 0.6 is 24.0 Å². The number of aromatic nitrogens is 2. The summed E-state index contributed by atoms with van der Waals surface area (Å²) >= 11 is 0. The van der Waals surface area contributed by atoms with E-state index < -0.39 is 5.60 Å². The number of fused-ring (bicyclic) bond motifs is 1. The number of aliphatic imine (C=N–C) groups is 1. The van der Waals surface area contributed by atoms with Crippen molar-refractivity contribution in [2.45, 2.75) is 25.0 Å². The predicted molar refractivity (Wildman–Crippen MR) is 110 cm³/mol. The molecule has 0 fully saturated rings. The second-order valence-corrected chi connectivity index (χ2v) is 6.47. The molecular weight excluding hydrogens is 429 g/mol. The molecule has 3 rings (SSSR count). The van der Waals surface area contributed by atoms with E-state index in [1.165, 1.54) is 5.56 Å². The molecule has 2 N–H and O–H groups in total. The highest BCUT2D eigenvalue weighted by Gasteiger charge is 2.36. The molecule has 0 amide bonds. The Bertz CT molecular complexity index is 745. The molecule has 1 heterocycles. The summed E-state index contributed by atoms with van der Waals surface area (Å²) in [6.07, 6.45) is 5.50. The predicted octanol–water partition coefficient (Wildman–Crippen LogP) is 1.88. The lowest BCUT2D eigenvalue weighted by atomic mass is 9.96. The van der Waals surface area contributed by atoms with Crippen LogP contribution in [0.1, 0.15) is 23.1 Å². The Morgan fingerprint density at radius 3 is 2.88 bits per heavy atom. The maximum atomic E-state index is 11.0. The van der Waals surface area contributed by atoms with E-state index in [1.54, 1.807) is 11.7 Å². The topological polar surface area (TPSA) is 65.7 Å². The fraction of sp³-hybridized carbons (Fsp3) is 0.444. The second kappa shape index (κ2) is 8.18. The van der Waals surface area contributed by atoms with E-state index in [-0.39, 0.29) is 24.0 Å². The number of hydrogen-bond acceptors (Lipinski definition) is 3. The maximum absolute atomic E-state index is 11.0. The Morgan fingerprint density at radius 1 is 1.44 bits per heavy atom. The van der Waals surface area contributed by atoms with E-state index in [2.05, 4.69) is 21.5 Å². The number of nitrogens with one attached hydrogen (secondary N) is 1. The van der Waals surface area contributed by atoms with Gasteiger partial charge in [0, 0.05) is 39.4 Å². The molecule has 7 heteroatoms. The van der Waals surface area contributed by atoms with Crippen molar-refractivity contribution < 1.29 is 5.11 Å². The van der Waals surface area contributed by atoms with E-state index in [0.717, 1.165) is 29.9 Å². The summed E-state index contributed by atoms with van der Waals surface area (Å²) in [5.74, 6) is 0.761. The largest absolute Gasteiger partial charge is 0.383 e. The molecule has 0 saturated heterocycles. The average Bonchev–Trinajstić information content (AvgIpc) is 3.13. The molecule has 1 aromatic carbocycles. The first kappa shape index (κ1) is 19.7. The van der Waals surface area contributed by atoms with Crippen molar-refractivity contribution in [2.24, 2.45) is 12.0 Å². The smallest absolute Gasteiger partial charge is 0.193 e. The van der Waals surface area contributed by atoms with Gasteiger partial charge >= 0.3 is 0 Å². The molecule has 6 nitrogen and oxygen atoms in total. The Labute approximate surface area is 166 Å². The number of guanidine groups is 1. The molecule has 1 unspecified atom stereocenters. The minimum absolute atomic E-state index is 0. The highest BCUT2D eigenvalue weighted by atomic mass is 127. The van der Waals surface area contributed by atoms with Gasteiger partial charge in [-0.2, -0.15) is 5.10 Å². The van der Waals surface area contributed by atoms with Gasteiger partial charge in [-0.1, -0.05) is 24.3 Å². The molecule has 1 aliphatic carbocycles. The van der Waals surface area contributed by atoms with Crippen LogP contribution < -0.4 is 5.32 Å². The molecular formula is C18H26IN5O. The molecule has 1 atom stereocenters. The summed E-state index contributed by atoms with van der Waals surface area (Å²) in [5, 5.41) is 18.5. The van der Waals surface area contributed by atoms with Gasteiger partial charge in [0.25, 0.3) is 0 Å². The van der Waals surface area contributed by atoms with Crippen LogP contribution in [0.15, 0.2) is 41.7 Å². The highest BCUT2D eigenvalue weighted by Crippen LogP contribution is 2.36. The summed E-state index contributed by atoms with van der Waals surface area (Å²) in [6, 6.07) is 8.12. The molecule has 0 radical (unpaired) electrons. The molecule has 0 spiro atoms. The first-order valence-corrected chi connectivity index (χ1v) is 8.22. The summed E-state index contributed by atoms with van der Waals surface area (Å²) in [6.45, 7) is 1.16. The summed E-state index contributed by atoms with van der Waals surface area (Å²) in [4.78, 5) is 6.36. The maximum Gasteiger partial charge on any atom is 0.193 e. The van der Waals surface area contributed by atoms with Crippen molar-refractivity contribution in [3.05, 3.63) is 53.3 Å². The lowest BCUT2D eigenvalue weighted by Gasteiger charge is -2.28. The monoisotopic (exact) mass is 455 g/mol. The zero-order valence-corrected chi connectivity index (χ0v) is 17.3. The van der Waals surface area contributed by atoms with Gasteiger partial charge in [0.15, 0.2) is 5.96 Å². The zero-order valence-electron chi connectivity index (χ0n) is 14.9. The van der Waals surface area contributed by atoms with Gasteiger partial charge in [0.05, 0.1) is 12.7 Å². The van der Waals surface area contributed by atoms with Crippen LogP contribution in [0.4, 0.5) is 0 Å². The lowest BCUT2D eigenvalue weighted by Crippen LogP contribution is -2.45. The van der Waals surface area contributed by atoms with Crippen LogP contribution in [0.2, 0.25) is 0 Å². The van der Waals surface area contributed by atoms with Crippen molar-refractivity contribution in [3.8, 4) is 0 Å². The van der Waals surface area contributed by atoms with Crippen LogP contribution in [0.3, 0.4) is 0 Å². The Balaban J connectivity index is 0.00000225. The van der Waals surface area contributed by atoms with Crippen LogP contribution in [-0.4, -0.2) is 46.4 Å². The van der Waals surface area contributed by atoms with E-state index >= 15 is 0 Å². The fourth-order valence-electron chi connectivity index (χ4n) is 3.36.